The van der Waals surface area contributed by atoms with E-state index in [2.05, 4.69) is 56.0 Å². The predicted octanol–water partition coefficient (Wildman–Crippen LogP) is 1.56. The minimum absolute atomic E-state index is 0.324. The van der Waals surface area contributed by atoms with Gasteiger partial charge < -0.3 is 0 Å². The van der Waals surface area contributed by atoms with Crippen LogP contribution in [-0.2, 0) is 0 Å². The van der Waals surface area contributed by atoms with Crippen molar-refractivity contribution in [1.29, 1.82) is 0 Å². The average molecular weight is 319 g/mol. The van der Waals surface area contributed by atoms with Gasteiger partial charge >= 0.3 is 122 Å². The Morgan fingerprint density at radius 3 is 2.84 bits per heavy atom. The van der Waals surface area contributed by atoms with Crippen LogP contribution in [0.25, 0.3) is 0 Å². The van der Waals surface area contributed by atoms with E-state index in [1.807, 2.05) is 13.2 Å². The van der Waals surface area contributed by atoms with Gasteiger partial charge in [-0.25, -0.2) is 0 Å². The van der Waals surface area contributed by atoms with Gasteiger partial charge in [-0.3, -0.25) is 0 Å². The number of aromatic nitrogens is 1. The zero-order valence-corrected chi connectivity index (χ0v) is 12.5. The molecule has 1 saturated carbocycles. The van der Waals surface area contributed by atoms with E-state index >= 15 is 0 Å². The van der Waals surface area contributed by atoms with Crippen molar-refractivity contribution in [1.82, 2.24) is 15.3 Å². The van der Waals surface area contributed by atoms with E-state index in [4.69, 9.17) is 0 Å². The third kappa shape index (κ3) is 2.33. The molecule has 0 spiro atoms. The summed E-state index contributed by atoms with van der Waals surface area (Å²) in [6.07, 6.45) is 5.70. The zero-order chi connectivity index (χ0) is 13.4. The SMILES string of the molecule is B=C1NN=C(C(c2ccnc(Br)c2)C2CCC2)N1C. The third-order valence-electron chi connectivity index (χ3n) is 4.06. The Hall–Kier alpha value is -1.17. The Morgan fingerprint density at radius 2 is 2.32 bits per heavy atom. The number of nitrogens with one attached hydrogen (secondary N) is 1. The summed E-state index contributed by atoms with van der Waals surface area (Å²) in [5.41, 5.74) is 5.09. The van der Waals surface area contributed by atoms with Gasteiger partial charge in [-0.05, 0) is 0 Å². The standard InChI is InChI=1S/C13H16BBrN4/c1-19-12(17-18-13(19)14)11(8-3-2-4-8)9-5-6-16-10(15)7-9/h5-8,11,14,18H,2-4H2,1H3. The number of pyridine rings is 1. The fraction of sp³-hybridized carbons (Fsp3) is 0.462. The van der Waals surface area contributed by atoms with Crippen LogP contribution in [0.3, 0.4) is 0 Å². The Kier molecular flexibility index (Phi) is 3.43. The number of hydrazone groups is 1. The quantitative estimate of drug-likeness (QED) is 0.679. The molecule has 1 N–H and O–H groups in total. The fourth-order valence-corrected chi connectivity index (χ4v) is 3.09. The van der Waals surface area contributed by atoms with Crippen molar-refractivity contribution in [3.63, 3.8) is 0 Å². The number of hydrogen-bond acceptors (Lipinski definition) is 4. The molecular weight excluding hydrogens is 303 g/mol. The van der Waals surface area contributed by atoms with Gasteiger partial charge in [0.1, 0.15) is 0 Å². The molecule has 4 nitrogen and oxygen atoms in total. The first kappa shape index (κ1) is 12.8. The van der Waals surface area contributed by atoms with Crippen LogP contribution in [0.1, 0.15) is 30.7 Å². The third-order valence-corrected chi connectivity index (χ3v) is 4.49. The van der Waals surface area contributed by atoms with E-state index in [9.17, 15) is 0 Å². The van der Waals surface area contributed by atoms with Gasteiger partial charge in [0.2, 0.25) is 0 Å². The van der Waals surface area contributed by atoms with Crippen LogP contribution in [0.2, 0.25) is 0 Å². The van der Waals surface area contributed by atoms with Gasteiger partial charge in [0.05, 0.1) is 0 Å². The first-order chi connectivity index (χ1) is 9.16. The van der Waals surface area contributed by atoms with Crippen LogP contribution in [-0.4, -0.2) is 36.0 Å². The molecule has 0 radical (unpaired) electrons. The average Bonchev–Trinajstić information content (AvgIpc) is 2.65. The molecule has 98 valence electrons. The molecule has 1 aromatic rings. The number of nitrogens with zero attached hydrogens (tertiary/aromatic N) is 3. The molecule has 1 aromatic heterocycles. The first-order valence-electron chi connectivity index (χ1n) is 6.54. The van der Waals surface area contributed by atoms with Gasteiger partial charge in [0, 0.05) is 0 Å². The van der Waals surface area contributed by atoms with Crippen LogP contribution in [0.4, 0.5) is 0 Å². The molecule has 2 heterocycles. The Bertz CT molecular complexity index is 541. The number of amidine groups is 1. The minimum atomic E-state index is 0.324. The van der Waals surface area contributed by atoms with E-state index in [1.165, 1.54) is 24.8 Å². The van der Waals surface area contributed by atoms with Crippen molar-refractivity contribution in [2.24, 2.45) is 11.0 Å². The Morgan fingerprint density at radius 1 is 1.53 bits per heavy atom. The summed E-state index contributed by atoms with van der Waals surface area (Å²) in [4.78, 5) is 6.27. The molecule has 0 amide bonds. The molecule has 6 heteroatoms. The second-order valence-electron chi connectivity index (χ2n) is 5.17. The zero-order valence-electron chi connectivity index (χ0n) is 10.9. The van der Waals surface area contributed by atoms with Crippen molar-refractivity contribution < 1.29 is 0 Å². The van der Waals surface area contributed by atoms with Gasteiger partial charge in [-0.15, -0.1) is 0 Å². The maximum atomic E-state index is 4.46. The molecule has 0 bridgehead atoms. The van der Waals surface area contributed by atoms with E-state index in [0.717, 1.165) is 16.1 Å². The molecule has 0 saturated heterocycles. The van der Waals surface area contributed by atoms with Crippen molar-refractivity contribution in [2.75, 3.05) is 7.05 Å². The predicted molar refractivity (Wildman–Crippen MR) is 82.5 cm³/mol. The number of halogens is 1. The molecule has 1 aliphatic heterocycles. The summed E-state index contributed by atoms with van der Waals surface area (Å²) in [6.45, 7) is 0. The number of likely N-dealkylation sites (N-methyl/N-ethyl adjacent to an activating group) is 1. The van der Waals surface area contributed by atoms with Crippen molar-refractivity contribution >= 4 is 35.0 Å². The summed E-state index contributed by atoms with van der Waals surface area (Å²) in [5, 5.41) is 4.46. The van der Waals surface area contributed by atoms with Gasteiger partial charge in [0.25, 0.3) is 0 Å². The maximum absolute atomic E-state index is 4.46. The second kappa shape index (κ2) is 5.08. The molecule has 2 aliphatic rings. The van der Waals surface area contributed by atoms with Crippen LogP contribution >= 0.6 is 15.9 Å². The molecule has 0 aromatic carbocycles. The molecule has 1 aliphatic carbocycles. The van der Waals surface area contributed by atoms with Crippen LogP contribution in [0.15, 0.2) is 28.0 Å². The van der Waals surface area contributed by atoms with Crippen LogP contribution in [0, 0.1) is 5.92 Å². The molecule has 1 atom stereocenters. The van der Waals surface area contributed by atoms with Gasteiger partial charge in [0.15, 0.2) is 0 Å². The van der Waals surface area contributed by atoms with E-state index < -0.39 is 0 Å². The van der Waals surface area contributed by atoms with Crippen LogP contribution < -0.4 is 5.43 Å². The first-order valence-corrected chi connectivity index (χ1v) is 7.34. The summed E-state index contributed by atoms with van der Waals surface area (Å²) >= 11 is 3.46. The van der Waals surface area contributed by atoms with Crippen molar-refractivity contribution in [3.8, 4) is 0 Å². The van der Waals surface area contributed by atoms with E-state index in [1.54, 1.807) is 0 Å². The Balaban J connectivity index is 1.96. The van der Waals surface area contributed by atoms with Crippen molar-refractivity contribution in [3.05, 3.63) is 28.5 Å². The molecule has 19 heavy (non-hydrogen) atoms. The molecule has 3 rings (SSSR count). The topological polar surface area (TPSA) is 40.5 Å². The monoisotopic (exact) mass is 318 g/mol. The summed E-state index contributed by atoms with van der Waals surface area (Å²) < 4.78 is 0.877. The molecule has 1 unspecified atom stereocenters. The Labute approximate surface area is 122 Å². The van der Waals surface area contributed by atoms with Gasteiger partial charge in [-0.1, -0.05) is 0 Å². The number of hydrogen-bond donors (Lipinski definition) is 1. The summed E-state index contributed by atoms with van der Waals surface area (Å²) in [5.74, 6) is 2.06. The van der Waals surface area contributed by atoms with Crippen LogP contribution in [0.5, 0.6) is 0 Å². The van der Waals surface area contributed by atoms with Crippen molar-refractivity contribution in [2.45, 2.75) is 25.2 Å². The fourth-order valence-electron chi connectivity index (χ4n) is 2.70. The molecule has 1 fully saturated rings. The van der Waals surface area contributed by atoms with E-state index in [0.29, 0.717) is 11.8 Å². The second-order valence-corrected chi connectivity index (χ2v) is 5.98. The van der Waals surface area contributed by atoms with Gasteiger partial charge in [-0.2, -0.15) is 0 Å². The molecular formula is C13H16BBrN4. The van der Waals surface area contributed by atoms with E-state index in [-0.39, 0.29) is 0 Å². The normalized spacial score (nSPS) is 20.8. The summed E-state index contributed by atoms with van der Waals surface area (Å²) in [7, 11) is 5.98. The summed E-state index contributed by atoms with van der Waals surface area (Å²) in [6, 6.07) is 4.19. The number of rotatable bonds is 3.